The van der Waals surface area contributed by atoms with Gasteiger partial charge in [-0.3, -0.25) is 0 Å². The van der Waals surface area contributed by atoms with Gasteiger partial charge in [0, 0.05) is 19.6 Å². The average Bonchev–Trinajstić information content (AvgIpc) is 2.05. The summed E-state index contributed by atoms with van der Waals surface area (Å²) in [5.41, 5.74) is 0. The number of hydrogen-bond acceptors (Lipinski definition) is 2. The van der Waals surface area contributed by atoms with E-state index >= 15 is 0 Å². The van der Waals surface area contributed by atoms with E-state index < -0.39 is 6.09 Å². The highest BCUT2D eigenvalue weighted by Gasteiger charge is 2.20. The van der Waals surface area contributed by atoms with Crippen molar-refractivity contribution in [2.75, 3.05) is 20.1 Å². The minimum Gasteiger partial charge on any atom is -0.465 e. The molecular weight excluding hydrogens is 144 g/mol. The molecule has 1 amide bonds. The molecular formula is C7H14N2O2. The molecule has 64 valence electrons. The lowest BCUT2D eigenvalue weighted by molar-refractivity contribution is 0.130. The number of piperidine rings is 1. The molecule has 1 rings (SSSR count). The monoisotopic (exact) mass is 158 g/mol. The molecule has 0 saturated carbocycles. The first-order valence-electron chi connectivity index (χ1n) is 3.88. The van der Waals surface area contributed by atoms with Gasteiger partial charge in [-0.25, -0.2) is 4.79 Å². The number of likely N-dealkylation sites (N-methyl/N-ethyl adjacent to an activating group) is 1. The zero-order valence-electron chi connectivity index (χ0n) is 6.71. The minimum absolute atomic E-state index is 0.168. The lowest BCUT2D eigenvalue weighted by Crippen LogP contribution is -2.46. The Bertz CT molecular complexity index is 143. The molecule has 1 heterocycles. The predicted octanol–water partition coefficient (Wildman–Crippen LogP) is 0.348. The van der Waals surface area contributed by atoms with Gasteiger partial charge in [-0.15, -0.1) is 0 Å². The van der Waals surface area contributed by atoms with Gasteiger partial charge >= 0.3 is 6.09 Å². The van der Waals surface area contributed by atoms with Crippen LogP contribution in [0.2, 0.25) is 0 Å². The van der Waals surface area contributed by atoms with Crippen molar-refractivity contribution < 1.29 is 9.90 Å². The molecule has 1 aliphatic heterocycles. The van der Waals surface area contributed by atoms with Crippen molar-refractivity contribution in [1.82, 2.24) is 10.2 Å². The van der Waals surface area contributed by atoms with E-state index in [1.807, 2.05) is 0 Å². The number of carboxylic acid groups (broad SMARTS) is 1. The first-order valence-corrected chi connectivity index (χ1v) is 3.88. The molecule has 1 saturated heterocycles. The molecule has 1 atom stereocenters. The lowest BCUT2D eigenvalue weighted by Gasteiger charge is -2.29. The predicted molar refractivity (Wildman–Crippen MR) is 41.7 cm³/mol. The largest absolute Gasteiger partial charge is 0.465 e. The molecule has 1 fully saturated rings. The molecule has 0 bridgehead atoms. The van der Waals surface area contributed by atoms with Crippen LogP contribution in [-0.2, 0) is 0 Å². The Kier molecular flexibility index (Phi) is 2.70. The van der Waals surface area contributed by atoms with Crippen LogP contribution in [0.15, 0.2) is 0 Å². The van der Waals surface area contributed by atoms with Gasteiger partial charge in [-0.1, -0.05) is 0 Å². The molecule has 1 aliphatic rings. The van der Waals surface area contributed by atoms with Crippen molar-refractivity contribution >= 4 is 6.09 Å². The summed E-state index contributed by atoms with van der Waals surface area (Å²) in [6.45, 7) is 1.81. The summed E-state index contributed by atoms with van der Waals surface area (Å²) in [6.07, 6.45) is 1.22. The molecule has 4 heteroatoms. The van der Waals surface area contributed by atoms with Gasteiger partial charge in [0.2, 0.25) is 0 Å². The highest BCUT2D eigenvalue weighted by atomic mass is 16.4. The second-order valence-corrected chi connectivity index (χ2v) is 2.89. The second-order valence-electron chi connectivity index (χ2n) is 2.89. The van der Waals surface area contributed by atoms with Crippen molar-refractivity contribution in [1.29, 1.82) is 0 Å². The van der Waals surface area contributed by atoms with E-state index in [1.54, 1.807) is 7.05 Å². The molecule has 0 aliphatic carbocycles. The summed E-state index contributed by atoms with van der Waals surface area (Å²) in [5.74, 6) is 0. The smallest absolute Gasteiger partial charge is 0.407 e. The number of amides is 1. The third-order valence-electron chi connectivity index (χ3n) is 2.12. The quantitative estimate of drug-likeness (QED) is 0.579. The maximum atomic E-state index is 10.5. The summed E-state index contributed by atoms with van der Waals surface area (Å²) in [4.78, 5) is 11.9. The first-order chi connectivity index (χ1) is 5.22. The first kappa shape index (κ1) is 8.33. The molecule has 2 N–H and O–H groups in total. The Morgan fingerprint density at radius 1 is 1.73 bits per heavy atom. The normalized spacial score (nSPS) is 24.6. The summed E-state index contributed by atoms with van der Waals surface area (Å²) in [6, 6.07) is 0.168. The summed E-state index contributed by atoms with van der Waals surface area (Å²) < 4.78 is 0. The molecule has 0 spiro atoms. The van der Waals surface area contributed by atoms with E-state index in [0.29, 0.717) is 0 Å². The van der Waals surface area contributed by atoms with E-state index in [2.05, 4.69) is 5.32 Å². The Hall–Kier alpha value is -0.770. The lowest BCUT2D eigenvalue weighted by atomic mass is 10.1. The van der Waals surface area contributed by atoms with E-state index in [9.17, 15) is 4.79 Å². The topological polar surface area (TPSA) is 52.6 Å². The molecule has 4 nitrogen and oxygen atoms in total. The van der Waals surface area contributed by atoms with Gasteiger partial charge in [0.05, 0.1) is 0 Å². The van der Waals surface area contributed by atoms with Crippen LogP contribution in [0, 0.1) is 0 Å². The standard InChI is InChI=1S/C7H14N2O2/c1-9(7(10)11)6-3-2-4-8-5-6/h6,8H,2-5H2,1H3,(H,10,11)/t6-/m1/s1. The number of hydrogen-bond donors (Lipinski definition) is 2. The maximum absolute atomic E-state index is 10.5. The fraction of sp³-hybridized carbons (Fsp3) is 0.857. The molecule has 0 aromatic rings. The number of nitrogens with one attached hydrogen (secondary N) is 1. The second kappa shape index (κ2) is 3.57. The fourth-order valence-corrected chi connectivity index (χ4v) is 1.32. The molecule has 0 radical (unpaired) electrons. The van der Waals surface area contributed by atoms with Crippen LogP contribution in [-0.4, -0.2) is 42.3 Å². The van der Waals surface area contributed by atoms with E-state index in [0.717, 1.165) is 25.9 Å². The van der Waals surface area contributed by atoms with Gasteiger partial charge in [0.1, 0.15) is 0 Å². The van der Waals surface area contributed by atoms with Crippen LogP contribution in [0.3, 0.4) is 0 Å². The van der Waals surface area contributed by atoms with Crippen molar-refractivity contribution in [2.45, 2.75) is 18.9 Å². The van der Waals surface area contributed by atoms with E-state index in [1.165, 1.54) is 4.90 Å². The van der Waals surface area contributed by atoms with Crippen LogP contribution in [0.4, 0.5) is 4.79 Å². The van der Waals surface area contributed by atoms with Crippen molar-refractivity contribution in [3.63, 3.8) is 0 Å². The summed E-state index contributed by atoms with van der Waals surface area (Å²) in [5, 5.41) is 11.8. The minimum atomic E-state index is -0.835. The Labute approximate surface area is 66.2 Å². The zero-order valence-corrected chi connectivity index (χ0v) is 6.71. The zero-order chi connectivity index (χ0) is 8.27. The maximum Gasteiger partial charge on any atom is 0.407 e. The van der Waals surface area contributed by atoms with Gasteiger partial charge < -0.3 is 15.3 Å². The van der Waals surface area contributed by atoms with E-state index in [-0.39, 0.29) is 6.04 Å². The summed E-state index contributed by atoms with van der Waals surface area (Å²) >= 11 is 0. The fourth-order valence-electron chi connectivity index (χ4n) is 1.32. The van der Waals surface area contributed by atoms with Crippen LogP contribution in [0.25, 0.3) is 0 Å². The molecule has 0 aromatic heterocycles. The molecule has 0 unspecified atom stereocenters. The van der Waals surface area contributed by atoms with Crippen molar-refractivity contribution in [3.8, 4) is 0 Å². The molecule has 11 heavy (non-hydrogen) atoms. The third kappa shape index (κ3) is 2.08. The molecule has 0 aromatic carbocycles. The van der Waals surface area contributed by atoms with Gasteiger partial charge in [-0.2, -0.15) is 0 Å². The van der Waals surface area contributed by atoms with Crippen LogP contribution >= 0.6 is 0 Å². The van der Waals surface area contributed by atoms with Crippen LogP contribution in [0.5, 0.6) is 0 Å². The number of rotatable bonds is 1. The number of carbonyl (C=O) groups is 1. The Balaban J connectivity index is 2.38. The Morgan fingerprint density at radius 2 is 2.45 bits per heavy atom. The SMILES string of the molecule is CN(C(=O)O)[C@@H]1CCCNC1. The van der Waals surface area contributed by atoms with Gasteiger partial charge in [0.25, 0.3) is 0 Å². The van der Waals surface area contributed by atoms with E-state index in [4.69, 9.17) is 5.11 Å². The third-order valence-corrected chi connectivity index (χ3v) is 2.12. The number of nitrogens with zero attached hydrogens (tertiary/aromatic N) is 1. The van der Waals surface area contributed by atoms with Crippen molar-refractivity contribution in [3.05, 3.63) is 0 Å². The van der Waals surface area contributed by atoms with Crippen LogP contribution in [0.1, 0.15) is 12.8 Å². The summed E-state index contributed by atoms with van der Waals surface area (Å²) in [7, 11) is 1.62. The Morgan fingerprint density at radius 3 is 2.91 bits per heavy atom. The van der Waals surface area contributed by atoms with Crippen molar-refractivity contribution in [2.24, 2.45) is 0 Å². The van der Waals surface area contributed by atoms with Crippen LogP contribution < -0.4 is 5.32 Å². The van der Waals surface area contributed by atoms with Gasteiger partial charge in [0.15, 0.2) is 0 Å². The highest BCUT2D eigenvalue weighted by molar-refractivity contribution is 5.65. The highest BCUT2D eigenvalue weighted by Crippen LogP contribution is 2.07. The average molecular weight is 158 g/mol. The van der Waals surface area contributed by atoms with Gasteiger partial charge in [-0.05, 0) is 19.4 Å².